The Hall–Kier alpha value is -1.89. The Kier molecular flexibility index (Phi) is 3.61. The average Bonchev–Trinajstić information content (AvgIpc) is 2.38. The van der Waals surface area contributed by atoms with Gasteiger partial charge in [-0.1, -0.05) is 5.16 Å². The van der Waals surface area contributed by atoms with Crippen molar-refractivity contribution in [3.05, 3.63) is 18.1 Å². The molecule has 1 aliphatic heterocycles. The molecule has 98 valence electrons. The maximum absolute atomic E-state index is 8.56. The first kappa shape index (κ1) is 12.6. The lowest BCUT2D eigenvalue weighted by Crippen LogP contribution is -2.50. The molecular weight excluding hydrogens is 232 g/mol. The average molecular weight is 250 g/mol. The van der Waals surface area contributed by atoms with Crippen LogP contribution >= 0.6 is 0 Å². The second-order valence-corrected chi connectivity index (χ2v) is 4.55. The van der Waals surface area contributed by atoms with Crippen LogP contribution in [0.5, 0.6) is 0 Å². The molecule has 1 atom stereocenters. The predicted molar refractivity (Wildman–Crippen MR) is 68.8 cm³/mol. The van der Waals surface area contributed by atoms with Gasteiger partial charge in [0, 0.05) is 25.7 Å². The lowest BCUT2D eigenvalue weighted by molar-refractivity contribution is 0.274. The SMILES string of the molecule is CC1CN(C)CCN1c1cnc(C(N)=NO)cn1. The van der Waals surface area contributed by atoms with E-state index in [9.17, 15) is 0 Å². The topological polar surface area (TPSA) is 90.9 Å². The number of nitrogens with two attached hydrogens (primary N) is 1. The molecular formula is C11H18N6O. The monoisotopic (exact) mass is 250 g/mol. The number of hydrogen-bond donors (Lipinski definition) is 2. The minimum Gasteiger partial charge on any atom is -0.409 e. The number of anilines is 1. The summed E-state index contributed by atoms with van der Waals surface area (Å²) in [6.45, 7) is 5.10. The maximum Gasteiger partial charge on any atom is 0.190 e. The molecule has 3 N–H and O–H groups in total. The van der Waals surface area contributed by atoms with Crippen molar-refractivity contribution in [3.63, 3.8) is 0 Å². The van der Waals surface area contributed by atoms with Crippen LogP contribution in [0.25, 0.3) is 0 Å². The van der Waals surface area contributed by atoms with E-state index in [0.717, 1.165) is 25.5 Å². The van der Waals surface area contributed by atoms with Gasteiger partial charge in [-0.3, -0.25) is 0 Å². The van der Waals surface area contributed by atoms with Crippen molar-refractivity contribution in [1.82, 2.24) is 14.9 Å². The van der Waals surface area contributed by atoms with Gasteiger partial charge in [0.05, 0.1) is 12.4 Å². The highest BCUT2D eigenvalue weighted by atomic mass is 16.4. The highest BCUT2D eigenvalue weighted by Crippen LogP contribution is 2.16. The Morgan fingerprint density at radius 1 is 1.44 bits per heavy atom. The fraction of sp³-hybridized carbons (Fsp3) is 0.545. The van der Waals surface area contributed by atoms with E-state index in [4.69, 9.17) is 10.9 Å². The van der Waals surface area contributed by atoms with Crippen molar-refractivity contribution in [2.75, 3.05) is 31.6 Å². The lowest BCUT2D eigenvalue weighted by atomic mass is 10.2. The molecule has 7 nitrogen and oxygen atoms in total. The van der Waals surface area contributed by atoms with E-state index in [0.29, 0.717) is 11.7 Å². The van der Waals surface area contributed by atoms with Crippen LogP contribution in [-0.2, 0) is 0 Å². The number of rotatable bonds is 2. The van der Waals surface area contributed by atoms with E-state index in [-0.39, 0.29) is 5.84 Å². The third kappa shape index (κ3) is 2.51. The molecule has 1 aromatic heterocycles. The Labute approximate surface area is 106 Å². The van der Waals surface area contributed by atoms with Gasteiger partial charge < -0.3 is 20.7 Å². The molecule has 18 heavy (non-hydrogen) atoms. The van der Waals surface area contributed by atoms with Crippen LogP contribution in [0, 0.1) is 0 Å². The van der Waals surface area contributed by atoms with Crippen LogP contribution < -0.4 is 10.6 Å². The van der Waals surface area contributed by atoms with E-state index in [1.165, 1.54) is 6.20 Å². The smallest absolute Gasteiger partial charge is 0.190 e. The van der Waals surface area contributed by atoms with E-state index in [1.54, 1.807) is 6.20 Å². The summed E-state index contributed by atoms with van der Waals surface area (Å²) >= 11 is 0. The molecule has 0 bridgehead atoms. The summed E-state index contributed by atoms with van der Waals surface area (Å²) in [4.78, 5) is 13.0. The lowest BCUT2D eigenvalue weighted by Gasteiger charge is -2.38. The summed E-state index contributed by atoms with van der Waals surface area (Å²) < 4.78 is 0. The normalized spacial score (nSPS) is 22.2. The maximum atomic E-state index is 8.56. The number of likely N-dealkylation sites (N-methyl/N-ethyl adjacent to an activating group) is 1. The van der Waals surface area contributed by atoms with E-state index in [2.05, 4.69) is 38.9 Å². The zero-order chi connectivity index (χ0) is 13.1. The summed E-state index contributed by atoms with van der Waals surface area (Å²) in [6.07, 6.45) is 3.19. The van der Waals surface area contributed by atoms with Gasteiger partial charge in [0.2, 0.25) is 0 Å². The van der Waals surface area contributed by atoms with E-state index < -0.39 is 0 Å². The number of piperazine rings is 1. The fourth-order valence-corrected chi connectivity index (χ4v) is 2.13. The van der Waals surface area contributed by atoms with Gasteiger partial charge in [0.25, 0.3) is 0 Å². The molecule has 0 saturated carbocycles. The molecule has 0 aliphatic carbocycles. The first-order chi connectivity index (χ1) is 8.61. The van der Waals surface area contributed by atoms with Gasteiger partial charge in [-0.15, -0.1) is 0 Å². The number of amidine groups is 1. The summed E-state index contributed by atoms with van der Waals surface area (Å²) in [7, 11) is 2.11. The first-order valence-corrected chi connectivity index (χ1v) is 5.87. The van der Waals surface area contributed by atoms with Crippen molar-refractivity contribution in [1.29, 1.82) is 0 Å². The van der Waals surface area contributed by atoms with Gasteiger partial charge >= 0.3 is 0 Å². The third-order valence-corrected chi connectivity index (χ3v) is 3.13. The number of nitrogens with zero attached hydrogens (tertiary/aromatic N) is 5. The van der Waals surface area contributed by atoms with E-state index >= 15 is 0 Å². The zero-order valence-corrected chi connectivity index (χ0v) is 10.6. The van der Waals surface area contributed by atoms with Crippen molar-refractivity contribution in [3.8, 4) is 0 Å². The number of aromatic nitrogens is 2. The van der Waals surface area contributed by atoms with Crippen LogP contribution in [0.4, 0.5) is 5.82 Å². The minimum atomic E-state index is -0.0273. The fourth-order valence-electron chi connectivity index (χ4n) is 2.13. The molecule has 1 unspecified atom stereocenters. The van der Waals surface area contributed by atoms with Gasteiger partial charge in [0.15, 0.2) is 5.84 Å². The van der Waals surface area contributed by atoms with Crippen LogP contribution in [-0.4, -0.2) is 58.6 Å². The highest BCUT2D eigenvalue weighted by Gasteiger charge is 2.22. The first-order valence-electron chi connectivity index (χ1n) is 5.87. The van der Waals surface area contributed by atoms with Crippen molar-refractivity contribution in [2.45, 2.75) is 13.0 Å². The van der Waals surface area contributed by atoms with Gasteiger partial charge in [-0.25, -0.2) is 9.97 Å². The molecule has 2 heterocycles. The van der Waals surface area contributed by atoms with Crippen molar-refractivity contribution < 1.29 is 5.21 Å². The standard InChI is InChI=1S/C11H18N6O/c1-8-7-16(2)3-4-17(8)10-6-13-9(5-14-10)11(12)15-18/h5-6,8,18H,3-4,7H2,1-2H3,(H2,12,15). The van der Waals surface area contributed by atoms with Crippen LogP contribution in [0.2, 0.25) is 0 Å². The molecule has 1 saturated heterocycles. The summed E-state index contributed by atoms with van der Waals surface area (Å²) in [5.74, 6) is 0.797. The second kappa shape index (κ2) is 5.18. The minimum absolute atomic E-state index is 0.0273. The largest absolute Gasteiger partial charge is 0.409 e. The molecule has 2 rings (SSSR count). The quantitative estimate of drug-likeness (QED) is 0.324. The molecule has 7 heteroatoms. The van der Waals surface area contributed by atoms with Crippen molar-refractivity contribution in [2.24, 2.45) is 10.9 Å². The summed E-state index contributed by atoms with van der Waals surface area (Å²) in [5, 5.41) is 11.5. The number of oxime groups is 1. The van der Waals surface area contributed by atoms with Gasteiger partial charge in [-0.2, -0.15) is 0 Å². The van der Waals surface area contributed by atoms with Crippen LogP contribution in [0.15, 0.2) is 17.5 Å². The zero-order valence-electron chi connectivity index (χ0n) is 10.6. The van der Waals surface area contributed by atoms with Crippen LogP contribution in [0.1, 0.15) is 12.6 Å². The Morgan fingerprint density at radius 2 is 2.22 bits per heavy atom. The van der Waals surface area contributed by atoms with Gasteiger partial charge in [0.1, 0.15) is 11.5 Å². The third-order valence-electron chi connectivity index (χ3n) is 3.13. The second-order valence-electron chi connectivity index (χ2n) is 4.55. The Bertz CT molecular complexity index is 432. The Balaban J connectivity index is 2.14. The molecule has 0 amide bonds. The van der Waals surface area contributed by atoms with Crippen LogP contribution in [0.3, 0.4) is 0 Å². The van der Waals surface area contributed by atoms with E-state index in [1.807, 2.05) is 0 Å². The molecule has 1 fully saturated rings. The summed E-state index contributed by atoms with van der Waals surface area (Å²) in [6, 6.07) is 0.396. The summed E-state index contributed by atoms with van der Waals surface area (Å²) in [5.41, 5.74) is 5.82. The molecule has 1 aliphatic rings. The van der Waals surface area contributed by atoms with Crippen molar-refractivity contribution >= 4 is 11.7 Å². The number of hydrogen-bond acceptors (Lipinski definition) is 6. The predicted octanol–water partition coefficient (Wildman–Crippen LogP) is -0.289. The highest BCUT2D eigenvalue weighted by molar-refractivity contribution is 5.94. The molecule has 0 aromatic carbocycles. The molecule has 0 radical (unpaired) electrons. The molecule has 1 aromatic rings. The molecule has 0 spiro atoms. The van der Waals surface area contributed by atoms with Gasteiger partial charge in [-0.05, 0) is 14.0 Å². The Morgan fingerprint density at radius 3 is 2.78 bits per heavy atom.